The van der Waals surface area contributed by atoms with E-state index in [1.807, 2.05) is 28.9 Å². The molecule has 19 heavy (non-hydrogen) atoms. The van der Waals surface area contributed by atoms with Gasteiger partial charge in [-0.3, -0.25) is 0 Å². The number of tetrazole rings is 1. The normalized spacial score (nSPS) is 23.4. The molecule has 0 bridgehead atoms. The van der Waals surface area contributed by atoms with Crippen LogP contribution >= 0.6 is 0 Å². The molecule has 2 unspecified atom stereocenters. The number of para-hydroxylation sites is 1. The van der Waals surface area contributed by atoms with E-state index in [4.69, 9.17) is 10.5 Å². The molecule has 2 atom stereocenters. The summed E-state index contributed by atoms with van der Waals surface area (Å²) < 4.78 is 7.45. The summed E-state index contributed by atoms with van der Waals surface area (Å²) in [5.74, 6) is 0.734. The standard InChI is InChI=1S/C13H17N5O/c1-9-8-10(6-7-19-9)18-13(15-16-17-18)11-4-2-3-5-12(11)14/h2-5,9-10H,6-8,14H2,1H3. The molecule has 0 radical (unpaired) electrons. The van der Waals surface area contributed by atoms with Gasteiger partial charge in [-0.2, -0.15) is 0 Å². The van der Waals surface area contributed by atoms with E-state index in [1.165, 1.54) is 0 Å². The van der Waals surface area contributed by atoms with Crippen molar-refractivity contribution in [1.82, 2.24) is 20.2 Å². The van der Waals surface area contributed by atoms with E-state index in [-0.39, 0.29) is 12.1 Å². The van der Waals surface area contributed by atoms with Gasteiger partial charge in [0.15, 0.2) is 5.82 Å². The largest absolute Gasteiger partial charge is 0.398 e. The number of benzene rings is 1. The van der Waals surface area contributed by atoms with Crippen LogP contribution in [0.4, 0.5) is 5.69 Å². The first-order chi connectivity index (χ1) is 9.25. The number of rotatable bonds is 2. The van der Waals surface area contributed by atoms with Gasteiger partial charge in [-0.25, -0.2) is 4.68 Å². The molecule has 6 heteroatoms. The summed E-state index contributed by atoms with van der Waals surface area (Å²) in [4.78, 5) is 0. The lowest BCUT2D eigenvalue weighted by atomic mass is 10.0. The topological polar surface area (TPSA) is 78.9 Å². The summed E-state index contributed by atoms with van der Waals surface area (Å²) >= 11 is 0. The predicted octanol–water partition coefficient (Wildman–Crippen LogP) is 1.66. The van der Waals surface area contributed by atoms with Crippen LogP contribution in [0, 0.1) is 0 Å². The van der Waals surface area contributed by atoms with Crippen LogP contribution in [0.2, 0.25) is 0 Å². The van der Waals surface area contributed by atoms with Crippen molar-refractivity contribution >= 4 is 5.69 Å². The molecule has 1 aromatic carbocycles. The van der Waals surface area contributed by atoms with Gasteiger partial charge in [0.2, 0.25) is 0 Å². The maximum Gasteiger partial charge on any atom is 0.184 e. The minimum Gasteiger partial charge on any atom is -0.398 e. The molecule has 3 rings (SSSR count). The third-order valence-electron chi connectivity index (χ3n) is 3.50. The second-order valence-electron chi connectivity index (χ2n) is 4.89. The van der Waals surface area contributed by atoms with Crippen molar-refractivity contribution in [2.75, 3.05) is 12.3 Å². The summed E-state index contributed by atoms with van der Waals surface area (Å²) in [7, 11) is 0. The van der Waals surface area contributed by atoms with Crippen molar-refractivity contribution in [1.29, 1.82) is 0 Å². The van der Waals surface area contributed by atoms with Gasteiger partial charge in [-0.15, -0.1) is 5.10 Å². The Morgan fingerprint density at radius 1 is 1.37 bits per heavy atom. The zero-order valence-electron chi connectivity index (χ0n) is 10.9. The van der Waals surface area contributed by atoms with Gasteiger partial charge in [-0.1, -0.05) is 12.1 Å². The van der Waals surface area contributed by atoms with E-state index >= 15 is 0 Å². The summed E-state index contributed by atoms with van der Waals surface area (Å²) in [6.07, 6.45) is 2.09. The zero-order valence-corrected chi connectivity index (χ0v) is 10.9. The Balaban J connectivity index is 1.96. The van der Waals surface area contributed by atoms with Crippen molar-refractivity contribution in [2.45, 2.75) is 31.9 Å². The fourth-order valence-electron chi connectivity index (χ4n) is 2.51. The lowest BCUT2D eigenvalue weighted by molar-refractivity contribution is 0.00351. The van der Waals surface area contributed by atoms with Crippen LogP contribution in [-0.2, 0) is 4.74 Å². The van der Waals surface area contributed by atoms with E-state index < -0.39 is 0 Å². The first-order valence-electron chi connectivity index (χ1n) is 6.50. The van der Waals surface area contributed by atoms with Crippen LogP contribution in [0.25, 0.3) is 11.4 Å². The highest BCUT2D eigenvalue weighted by molar-refractivity contribution is 5.71. The Morgan fingerprint density at radius 2 is 2.21 bits per heavy atom. The molecule has 2 heterocycles. The van der Waals surface area contributed by atoms with E-state index in [0.717, 1.165) is 30.8 Å². The van der Waals surface area contributed by atoms with Gasteiger partial charge < -0.3 is 10.5 Å². The molecule has 0 spiro atoms. The number of hydrogen-bond donors (Lipinski definition) is 1. The van der Waals surface area contributed by atoms with Crippen molar-refractivity contribution in [3.63, 3.8) is 0 Å². The number of nitrogens with zero attached hydrogens (tertiary/aromatic N) is 4. The number of hydrogen-bond acceptors (Lipinski definition) is 5. The van der Waals surface area contributed by atoms with Gasteiger partial charge in [0, 0.05) is 17.9 Å². The van der Waals surface area contributed by atoms with E-state index in [9.17, 15) is 0 Å². The molecule has 1 saturated heterocycles. The third-order valence-corrected chi connectivity index (χ3v) is 3.50. The number of anilines is 1. The fraction of sp³-hybridized carbons (Fsp3) is 0.462. The number of nitrogen functional groups attached to an aromatic ring is 1. The second kappa shape index (κ2) is 4.97. The van der Waals surface area contributed by atoms with Crippen LogP contribution in [0.3, 0.4) is 0 Å². The third kappa shape index (κ3) is 2.31. The molecule has 6 nitrogen and oxygen atoms in total. The molecule has 100 valence electrons. The molecule has 1 aliphatic rings. The van der Waals surface area contributed by atoms with Gasteiger partial charge in [0.1, 0.15) is 0 Å². The average Bonchev–Trinajstić information content (AvgIpc) is 2.88. The molecule has 0 amide bonds. The lowest BCUT2D eigenvalue weighted by Gasteiger charge is -2.27. The lowest BCUT2D eigenvalue weighted by Crippen LogP contribution is -2.26. The number of aromatic nitrogens is 4. The van der Waals surface area contributed by atoms with E-state index in [1.54, 1.807) is 0 Å². The van der Waals surface area contributed by atoms with E-state index in [2.05, 4.69) is 22.4 Å². The summed E-state index contributed by atoms with van der Waals surface area (Å²) in [6.45, 7) is 2.82. The number of nitrogens with two attached hydrogens (primary N) is 1. The molecule has 2 aromatic rings. The van der Waals surface area contributed by atoms with Gasteiger partial charge >= 0.3 is 0 Å². The van der Waals surface area contributed by atoms with Crippen LogP contribution in [-0.4, -0.2) is 32.9 Å². The molecular weight excluding hydrogens is 242 g/mol. The van der Waals surface area contributed by atoms with Crippen LogP contribution in [0.15, 0.2) is 24.3 Å². The van der Waals surface area contributed by atoms with Gasteiger partial charge in [-0.05, 0) is 42.3 Å². The molecule has 1 aromatic heterocycles. The Hall–Kier alpha value is -1.95. The van der Waals surface area contributed by atoms with Crippen LogP contribution in [0.1, 0.15) is 25.8 Å². The highest BCUT2D eigenvalue weighted by Crippen LogP contribution is 2.30. The SMILES string of the molecule is CC1CC(n2nnnc2-c2ccccc2N)CCO1. The molecule has 1 aliphatic heterocycles. The smallest absolute Gasteiger partial charge is 0.184 e. The maximum atomic E-state index is 6.00. The van der Waals surface area contributed by atoms with Crippen LogP contribution in [0.5, 0.6) is 0 Å². The fourth-order valence-corrected chi connectivity index (χ4v) is 2.51. The number of ether oxygens (including phenoxy) is 1. The van der Waals surface area contributed by atoms with Crippen molar-refractivity contribution < 1.29 is 4.74 Å². The summed E-state index contributed by atoms with van der Waals surface area (Å²) in [6, 6.07) is 7.93. The predicted molar refractivity (Wildman–Crippen MR) is 71.4 cm³/mol. The van der Waals surface area contributed by atoms with Gasteiger partial charge in [0.25, 0.3) is 0 Å². The van der Waals surface area contributed by atoms with Crippen molar-refractivity contribution in [3.05, 3.63) is 24.3 Å². The minimum atomic E-state index is 0.240. The van der Waals surface area contributed by atoms with Crippen molar-refractivity contribution in [2.24, 2.45) is 0 Å². The minimum absolute atomic E-state index is 0.240. The van der Waals surface area contributed by atoms with E-state index in [0.29, 0.717) is 5.69 Å². The Kier molecular flexibility index (Phi) is 3.16. The zero-order chi connectivity index (χ0) is 13.2. The average molecular weight is 259 g/mol. The second-order valence-corrected chi connectivity index (χ2v) is 4.89. The molecule has 0 saturated carbocycles. The Morgan fingerprint density at radius 3 is 3.00 bits per heavy atom. The molecule has 1 fully saturated rings. The van der Waals surface area contributed by atoms with Gasteiger partial charge in [0.05, 0.1) is 12.1 Å². The first-order valence-corrected chi connectivity index (χ1v) is 6.50. The van der Waals surface area contributed by atoms with Crippen molar-refractivity contribution in [3.8, 4) is 11.4 Å². The molecule has 2 N–H and O–H groups in total. The molecule has 0 aliphatic carbocycles. The highest BCUT2D eigenvalue weighted by atomic mass is 16.5. The highest BCUT2D eigenvalue weighted by Gasteiger charge is 2.25. The maximum absolute atomic E-state index is 6.00. The quantitative estimate of drug-likeness (QED) is 0.830. The molecular formula is C13H17N5O. The van der Waals surface area contributed by atoms with Crippen LogP contribution < -0.4 is 5.73 Å². The summed E-state index contributed by atoms with van der Waals surface area (Å²) in [5, 5.41) is 12.1. The Labute approximate surface area is 111 Å². The first kappa shape index (κ1) is 12.1. The Bertz CT molecular complexity index is 568. The monoisotopic (exact) mass is 259 g/mol. The summed E-state index contributed by atoms with van der Waals surface area (Å²) in [5.41, 5.74) is 7.58.